The lowest BCUT2D eigenvalue weighted by Gasteiger charge is -2.07. The minimum Gasteiger partial charge on any atom is -0.0831 e. The fraction of sp³-hybridized carbons (Fsp3) is 0. The fourth-order valence-corrected chi connectivity index (χ4v) is 2.36. The first-order valence-corrected chi connectivity index (χ1v) is 6.41. The molecule has 82 valence electrons. The molecule has 16 heavy (non-hydrogen) atoms. The molecule has 0 aromatic heterocycles. The van der Waals surface area contributed by atoms with E-state index in [9.17, 15) is 0 Å². The maximum atomic E-state index is 6.03. The number of hydrogen-bond donors (Lipinski definition) is 0. The van der Waals surface area contributed by atoms with Gasteiger partial charge < -0.3 is 0 Å². The van der Waals surface area contributed by atoms with Crippen molar-refractivity contribution < 1.29 is 0 Å². The zero-order valence-electron chi connectivity index (χ0n) is 7.98. The summed E-state index contributed by atoms with van der Waals surface area (Å²) < 4.78 is 0.857. The summed E-state index contributed by atoms with van der Waals surface area (Å²) in [5, 5.41) is 1.75. The highest BCUT2D eigenvalue weighted by Crippen LogP contribution is 2.36. The van der Waals surface area contributed by atoms with Gasteiger partial charge in [0.05, 0.1) is 15.1 Å². The Morgan fingerprint density at radius 3 is 2.25 bits per heavy atom. The highest BCUT2D eigenvalue weighted by Gasteiger charge is 2.07. The van der Waals surface area contributed by atoms with Gasteiger partial charge in [-0.25, -0.2) is 0 Å². The summed E-state index contributed by atoms with van der Waals surface area (Å²) in [6, 6.07) is 11.2. The van der Waals surface area contributed by atoms with Crippen molar-refractivity contribution in [3.8, 4) is 11.1 Å². The Morgan fingerprint density at radius 1 is 0.812 bits per heavy atom. The lowest BCUT2D eigenvalue weighted by Crippen LogP contribution is -1.81. The lowest BCUT2D eigenvalue weighted by molar-refractivity contribution is 1.58. The van der Waals surface area contributed by atoms with E-state index in [1.165, 1.54) is 0 Å². The Bertz CT molecular complexity index is 538. The molecule has 0 aliphatic rings. The van der Waals surface area contributed by atoms with Crippen molar-refractivity contribution in [3.63, 3.8) is 0 Å². The topological polar surface area (TPSA) is 0 Å². The summed E-state index contributed by atoms with van der Waals surface area (Å²) in [6.45, 7) is 0. The van der Waals surface area contributed by atoms with Crippen LogP contribution in [0.15, 0.2) is 40.9 Å². The van der Waals surface area contributed by atoms with Gasteiger partial charge in [-0.15, -0.1) is 0 Å². The number of rotatable bonds is 1. The minimum absolute atomic E-state index is 0.533. The Kier molecular flexibility index (Phi) is 3.81. The summed E-state index contributed by atoms with van der Waals surface area (Å²) in [4.78, 5) is 0. The van der Waals surface area contributed by atoms with Crippen LogP contribution in [0.5, 0.6) is 0 Å². The van der Waals surface area contributed by atoms with Crippen molar-refractivity contribution in [1.82, 2.24) is 0 Å². The Balaban J connectivity index is 2.59. The maximum absolute atomic E-state index is 6.03. The second kappa shape index (κ2) is 4.97. The third-order valence-corrected chi connectivity index (χ3v) is 4.32. The molecule has 0 bridgehead atoms. The predicted octanol–water partition coefficient (Wildman–Crippen LogP) is 6.08. The monoisotopic (exact) mass is 334 g/mol. The first kappa shape index (κ1) is 12.3. The third-order valence-electron chi connectivity index (χ3n) is 2.18. The first-order valence-electron chi connectivity index (χ1n) is 4.49. The van der Waals surface area contributed by atoms with E-state index in [2.05, 4.69) is 15.9 Å². The average molecular weight is 336 g/mol. The van der Waals surface area contributed by atoms with Crippen molar-refractivity contribution in [2.75, 3.05) is 0 Å². The molecule has 0 fully saturated rings. The average Bonchev–Trinajstić information content (AvgIpc) is 2.26. The van der Waals surface area contributed by atoms with Gasteiger partial charge in [0, 0.05) is 4.47 Å². The van der Waals surface area contributed by atoms with E-state index in [1.54, 1.807) is 6.07 Å². The smallest absolute Gasteiger partial charge is 0.0598 e. The zero-order valence-corrected chi connectivity index (χ0v) is 11.8. The standard InChI is InChI=1S/C12H6BrCl3/c13-12-8(2-1-3-10(12)15)7-4-5-9(14)11(16)6-7/h1-6H. The molecule has 2 aromatic carbocycles. The van der Waals surface area contributed by atoms with Gasteiger partial charge in [-0.1, -0.05) is 53.0 Å². The van der Waals surface area contributed by atoms with Crippen LogP contribution in [0.4, 0.5) is 0 Å². The molecule has 0 atom stereocenters. The molecule has 2 rings (SSSR count). The zero-order chi connectivity index (χ0) is 11.7. The van der Waals surface area contributed by atoms with E-state index in [0.29, 0.717) is 15.1 Å². The molecule has 0 N–H and O–H groups in total. The van der Waals surface area contributed by atoms with E-state index >= 15 is 0 Å². The summed E-state index contributed by atoms with van der Waals surface area (Å²) in [5.74, 6) is 0. The molecule has 0 amide bonds. The molecular formula is C12H6BrCl3. The summed E-state index contributed by atoms with van der Waals surface area (Å²) in [5.41, 5.74) is 1.97. The van der Waals surface area contributed by atoms with E-state index in [-0.39, 0.29) is 0 Å². The van der Waals surface area contributed by atoms with Crippen LogP contribution in [0.25, 0.3) is 11.1 Å². The molecule has 0 heterocycles. The summed E-state index contributed by atoms with van der Waals surface area (Å²) >= 11 is 21.3. The second-order valence-electron chi connectivity index (χ2n) is 3.23. The quantitative estimate of drug-likeness (QED) is 0.592. The molecule has 0 aliphatic heterocycles. The van der Waals surface area contributed by atoms with Crippen molar-refractivity contribution in [2.45, 2.75) is 0 Å². The molecule has 0 radical (unpaired) electrons. The lowest BCUT2D eigenvalue weighted by atomic mass is 10.1. The van der Waals surface area contributed by atoms with Crippen LogP contribution in [0, 0.1) is 0 Å². The van der Waals surface area contributed by atoms with Gasteiger partial charge in [0.1, 0.15) is 0 Å². The van der Waals surface area contributed by atoms with Crippen LogP contribution < -0.4 is 0 Å². The minimum atomic E-state index is 0.533. The second-order valence-corrected chi connectivity index (χ2v) is 5.24. The summed E-state index contributed by atoms with van der Waals surface area (Å²) in [6.07, 6.45) is 0. The molecule has 2 aromatic rings. The van der Waals surface area contributed by atoms with Crippen LogP contribution in [0.1, 0.15) is 0 Å². The van der Waals surface area contributed by atoms with Gasteiger partial charge in [0.25, 0.3) is 0 Å². The highest BCUT2D eigenvalue weighted by molar-refractivity contribution is 9.10. The van der Waals surface area contributed by atoms with Crippen molar-refractivity contribution in [2.24, 2.45) is 0 Å². The SMILES string of the molecule is Clc1ccc(-c2cccc(Cl)c2Br)cc1Cl. The fourth-order valence-electron chi connectivity index (χ4n) is 1.39. The Labute approximate surface area is 117 Å². The normalized spacial score (nSPS) is 10.5. The van der Waals surface area contributed by atoms with E-state index in [0.717, 1.165) is 15.6 Å². The van der Waals surface area contributed by atoms with Crippen molar-refractivity contribution in [1.29, 1.82) is 0 Å². The van der Waals surface area contributed by atoms with Crippen LogP contribution in [-0.4, -0.2) is 0 Å². The molecular weight excluding hydrogens is 330 g/mol. The third kappa shape index (κ3) is 2.38. The van der Waals surface area contributed by atoms with Crippen LogP contribution >= 0.6 is 50.7 Å². The Morgan fingerprint density at radius 2 is 1.56 bits per heavy atom. The molecule has 0 saturated heterocycles. The molecule has 0 unspecified atom stereocenters. The molecule has 0 aliphatic carbocycles. The van der Waals surface area contributed by atoms with Gasteiger partial charge in [-0.3, -0.25) is 0 Å². The van der Waals surface area contributed by atoms with Crippen LogP contribution in [-0.2, 0) is 0 Å². The van der Waals surface area contributed by atoms with Gasteiger partial charge in [-0.2, -0.15) is 0 Å². The van der Waals surface area contributed by atoms with Crippen molar-refractivity contribution in [3.05, 3.63) is 55.9 Å². The van der Waals surface area contributed by atoms with Gasteiger partial charge in [0.15, 0.2) is 0 Å². The van der Waals surface area contributed by atoms with Crippen LogP contribution in [0.2, 0.25) is 15.1 Å². The molecule has 0 nitrogen and oxygen atoms in total. The van der Waals surface area contributed by atoms with E-state index in [1.807, 2.05) is 30.3 Å². The molecule has 4 heteroatoms. The van der Waals surface area contributed by atoms with E-state index in [4.69, 9.17) is 34.8 Å². The maximum Gasteiger partial charge on any atom is 0.0598 e. The largest absolute Gasteiger partial charge is 0.0831 e. The highest BCUT2D eigenvalue weighted by atomic mass is 79.9. The van der Waals surface area contributed by atoms with Gasteiger partial charge >= 0.3 is 0 Å². The number of benzene rings is 2. The van der Waals surface area contributed by atoms with Crippen molar-refractivity contribution >= 4 is 50.7 Å². The number of hydrogen-bond acceptors (Lipinski definition) is 0. The predicted molar refractivity (Wildman–Crippen MR) is 74.6 cm³/mol. The van der Waals surface area contributed by atoms with Gasteiger partial charge in [-0.05, 0) is 45.3 Å². The molecule has 0 spiro atoms. The first-order chi connectivity index (χ1) is 7.59. The number of halogens is 4. The van der Waals surface area contributed by atoms with Crippen LogP contribution in [0.3, 0.4) is 0 Å². The Hall–Kier alpha value is -0.210. The van der Waals surface area contributed by atoms with Gasteiger partial charge in [0.2, 0.25) is 0 Å². The molecule has 0 saturated carbocycles. The summed E-state index contributed by atoms with van der Waals surface area (Å²) in [7, 11) is 0. The van der Waals surface area contributed by atoms with E-state index < -0.39 is 0 Å².